The Hall–Kier alpha value is -0.430. The fraction of sp³-hybridized carbons (Fsp3) is 0.667. The third kappa shape index (κ3) is 7.67. The average molecular weight is 196 g/mol. The summed E-state index contributed by atoms with van der Waals surface area (Å²) in [5.41, 5.74) is 0. The van der Waals surface area contributed by atoms with E-state index in [0.717, 1.165) is 0 Å². The minimum absolute atomic E-state index is 0.133. The Morgan fingerprint density at radius 2 is 2.17 bits per heavy atom. The maximum atomic E-state index is 10.2. The van der Waals surface area contributed by atoms with Crippen molar-refractivity contribution in [2.75, 3.05) is 19.0 Å². The van der Waals surface area contributed by atoms with E-state index in [-0.39, 0.29) is 13.2 Å². The molecule has 0 radical (unpaired) electrons. The van der Waals surface area contributed by atoms with Crippen LogP contribution in [0.15, 0.2) is 12.7 Å². The molecular formula is C6H12O5S. The van der Waals surface area contributed by atoms with Crippen molar-refractivity contribution < 1.29 is 22.8 Å². The van der Waals surface area contributed by atoms with Gasteiger partial charge in [0.05, 0.1) is 19.3 Å². The summed E-state index contributed by atoms with van der Waals surface area (Å²) in [7, 11) is -4.12. The van der Waals surface area contributed by atoms with Gasteiger partial charge >= 0.3 is 0 Å². The molecule has 6 heteroatoms. The first kappa shape index (κ1) is 11.6. The Morgan fingerprint density at radius 3 is 2.58 bits per heavy atom. The van der Waals surface area contributed by atoms with Gasteiger partial charge in [-0.05, 0) is 0 Å². The molecule has 0 aliphatic carbocycles. The van der Waals surface area contributed by atoms with Gasteiger partial charge in [0.25, 0.3) is 10.1 Å². The highest BCUT2D eigenvalue weighted by atomic mass is 32.2. The maximum Gasteiger partial charge on any atom is 0.267 e. The Kier molecular flexibility index (Phi) is 5.07. The molecule has 0 spiro atoms. The van der Waals surface area contributed by atoms with Crippen LogP contribution in [0.2, 0.25) is 0 Å². The zero-order valence-electron chi connectivity index (χ0n) is 6.51. The molecule has 0 aromatic rings. The van der Waals surface area contributed by atoms with Gasteiger partial charge in [-0.2, -0.15) is 8.42 Å². The molecule has 0 aromatic carbocycles. The second-order valence-electron chi connectivity index (χ2n) is 2.23. The van der Waals surface area contributed by atoms with Gasteiger partial charge in [-0.15, -0.1) is 6.58 Å². The van der Waals surface area contributed by atoms with Gasteiger partial charge in [-0.3, -0.25) is 4.55 Å². The van der Waals surface area contributed by atoms with E-state index in [1.165, 1.54) is 6.08 Å². The van der Waals surface area contributed by atoms with E-state index >= 15 is 0 Å². The van der Waals surface area contributed by atoms with E-state index in [1.54, 1.807) is 0 Å². The zero-order valence-corrected chi connectivity index (χ0v) is 7.33. The molecule has 0 saturated heterocycles. The van der Waals surface area contributed by atoms with Crippen molar-refractivity contribution in [1.82, 2.24) is 0 Å². The summed E-state index contributed by atoms with van der Waals surface area (Å²) >= 11 is 0. The predicted octanol–water partition coefficient (Wildman–Crippen LogP) is -0.562. The summed E-state index contributed by atoms with van der Waals surface area (Å²) in [6, 6.07) is 0. The lowest BCUT2D eigenvalue weighted by Gasteiger charge is -2.07. The van der Waals surface area contributed by atoms with Crippen molar-refractivity contribution in [3.8, 4) is 0 Å². The quantitative estimate of drug-likeness (QED) is 0.338. The smallest absolute Gasteiger partial charge is 0.267 e. The van der Waals surface area contributed by atoms with E-state index in [9.17, 15) is 8.42 Å². The normalized spacial score (nSPS) is 14.2. The lowest BCUT2D eigenvalue weighted by molar-refractivity contribution is 0.0608. The molecule has 0 saturated carbocycles. The van der Waals surface area contributed by atoms with Crippen LogP contribution in [0.1, 0.15) is 0 Å². The second kappa shape index (κ2) is 5.26. The summed E-state index contributed by atoms with van der Waals surface area (Å²) in [6.45, 7) is 3.46. The first-order valence-corrected chi connectivity index (χ1v) is 4.88. The SMILES string of the molecule is C=CCOC[C@@H](O)CS(=O)(=O)O. The van der Waals surface area contributed by atoms with E-state index in [1.807, 2.05) is 0 Å². The molecule has 0 rings (SSSR count). The van der Waals surface area contributed by atoms with Gasteiger partial charge in [0.2, 0.25) is 0 Å². The summed E-state index contributed by atoms with van der Waals surface area (Å²) in [4.78, 5) is 0. The van der Waals surface area contributed by atoms with Crippen LogP contribution in [0.4, 0.5) is 0 Å². The largest absolute Gasteiger partial charge is 0.390 e. The van der Waals surface area contributed by atoms with Crippen molar-refractivity contribution in [2.24, 2.45) is 0 Å². The van der Waals surface area contributed by atoms with Gasteiger partial charge in [0.15, 0.2) is 0 Å². The van der Waals surface area contributed by atoms with Crippen LogP contribution in [0, 0.1) is 0 Å². The standard InChI is InChI=1S/C6H12O5S/c1-2-3-11-4-6(7)5-12(8,9)10/h2,6-7H,1,3-5H2,(H,8,9,10)/t6-/m1/s1. The van der Waals surface area contributed by atoms with Crippen LogP contribution in [-0.2, 0) is 14.9 Å². The zero-order chi connectivity index (χ0) is 9.61. The van der Waals surface area contributed by atoms with Gasteiger partial charge in [-0.1, -0.05) is 6.08 Å². The second-order valence-corrected chi connectivity index (χ2v) is 3.73. The molecule has 2 N–H and O–H groups in total. The molecule has 12 heavy (non-hydrogen) atoms. The van der Waals surface area contributed by atoms with Crippen molar-refractivity contribution in [2.45, 2.75) is 6.10 Å². The van der Waals surface area contributed by atoms with E-state index in [0.29, 0.717) is 0 Å². The Labute approximate surface area is 71.4 Å². The van der Waals surface area contributed by atoms with Crippen LogP contribution in [-0.4, -0.2) is 43.1 Å². The number of hydrogen-bond donors (Lipinski definition) is 2. The Morgan fingerprint density at radius 1 is 1.58 bits per heavy atom. The highest BCUT2D eigenvalue weighted by molar-refractivity contribution is 7.85. The molecule has 5 nitrogen and oxygen atoms in total. The first-order valence-electron chi connectivity index (χ1n) is 3.27. The molecule has 0 heterocycles. The monoisotopic (exact) mass is 196 g/mol. The highest BCUT2D eigenvalue weighted by Gasteiger charge is 2.13. The molecular weight excluding hydrogens is 184 g/mol. The van der Waals surface area contributed by atoms with Gasteiger partial charge in [0.1, 0.15) is 5.75 Å². The molecule has 0 unspecified atom stereocenters. The van der Waals surface area contributed by atoms with E-state index < -0.39 is 22.0 Å². The summed E-state index contributed by atoms with van der Waals surface area (Å²) in [5.74, 6) is -0.704. The summed E-state index contributed by atoms with van der Waals surface area (Å²) in [5, 5.41) is 8.91. The molecule has 0 amide bonds. The van der Waals surface area contributed by atoms with Crippen molar-refractivity contribution >= 4 is 10.1 Å². The van der Waals surface area contributed by atoms with Crippen LogP contribution in [0.25, 0.3) is 0 Å². The fourth-order valence-corrected chi connectivity index (χ4v) is 1.16. The van der Waals surface area contributed by atoms with E-state index in [2.05, 4.69) is 6.58 Å². The minimum Gasteiger partial charge on any atom is -0.390 e. The number of aliphatic hydroxyl groups is 1. The molecule has 0 aromatic heterocycles. The lowest BCUT2D eigenvalue weighted by atomic mass is 10.4. The topological polar surface area (TPSA) is 83.8 Å². The van der Waals surface area contributed by atoms with Crippen LogP contribution < -0.4 is 0 Å². The van der Waals surface area contributed by atoms with Gasteiger partial charge in [-0.25, -0.2) is 0 Å². The maximum absolute atomic E-state index is 10.2. The number of rotatable bonds is 6. The molecule has 72 valence electrons. The minimum atomic E-state index is -4.12. The van der Waals surface area contributed by atoms with Crippen molar-refractivity contribution in [1.29, 1.82) is 0 Å². The Balaban J connectivity index is 3.60. The number of aliphatic hydroxyl groups excluding tert-OH is 1. The van der Waals surface area contributed by atoms with E-state index in [4.69, 9.17) is 14.4 Å². The third-order valence-electron chi connectivity index (χ3n) is 0.949. The average Bonchev–Trinajstić information content (AvgIpc) is 1.84. The van der Waals surface area contributed by atoms with Crippen molar-refractivity contribution in [3.05, 3.63) is 12.7 Å². The molecule has 0 bridgehead atoms. The summed E-state index contributed by atoms with van der Waals surface area (Å²) < 4.78 is 33.4. The molecule has 0 aliphatic heterocycles. The van der Waals surface area contributed by atoms with Crippen LogP contribution in [0.3, 0.4) is 0 Å². The van der Waals surface area contributed by atoms with Crippen molar-refractivity contribution in [3.63, 3.8) is 0 Å². The van der Waals surface area contributed by atoms with Gasteiger partial charge in [0, 0.05) is 0 Å². The molecule has 0 fully saturated rings. The first-order chi connectivity index (χ1) is 5.45. The fourth-order valence-electron chi connectivity index (χ4n) is 0.579. The number of hydrogen-bond acceptors (Lipinski definition) is 4. The van der Waals surface area contributed by atoms with Crippen LogP contribution in [0.5, 0.6) is 0 Å². The van der Waals surface area contributed by atoms with Crippen LogP contribution >= 0.6 is 0 Å². The molecule has 0 aliphatic rings. The third-order valence-corrected chi connectivity index (χ3v) is 1.75. The van der Waals surface area contributed by atoms with Gasteiger partial charge < -0.3 is 9.84 Å². The number of ether oxygens (including phenoxy) is 1. The predicted molar refractivity (Wildman–Crippen MR) is 43.4 cm³/mol. The highest BCUT2D eigenvalue weighted by Crippen LogP contribution is 1.91. The lowest BCUT2D eigenvalue weighted by Crippen LogP contribution is -2.25. The Bertz CT molecular complexity index is 220. The molecule has 1 atom stereocenters. The summed E-state index contributed by atoms with van der Waals surface area (Å²) in [6.07, 6.45) is 0.278.